The van der Waals surface area contributed by atoms with E-state index in [4.69, 9.17) is 0 Å². The van der Waals surface area contributed by atoms with E-state index in [2.05, 4.69) is 84.3 Å². The molecule has 0 amide bonds. The molecular weight excluding hydrogens is 855 g/mol. The summed E-state index contributed by atoms with van der Waals surface area (Å²) in [5, 5.41) is 14.6. The fraction of sp³-hybridized carbons (Fsp3) is 0.268. The minimum atomic E-state index is 0. The van der Waals surface area contributed by atoms with Crippen LogP contribution in [0.2, 0.25) is 0 Å². The van der Waals surface area contributed by atoms with E-state index >= 15 is 0 Å². The Bertz CT molecular complexity index is 1750. The molecule has 1 aromatic carbocycles. The predicted octanol–water partition coefficient (Wildman–Crippen LogP) is 13.9. The number of nitrogens with zero attached hydrogens (tertiary/aromatic N) is 13. The fourth-order valence-corrected chi connectivity index (χ4v) is 3.74. The maximum atomic E-state index is 3.98. The minimum absolute atomic E-state index is 0. The number of aryl methyl sites for hydroxylation is 9. The summed E-state index contributed by atoms with van der Waals surface area (Å²) in [5.41, 5.74) is 8.84. The van der Waals surface area contributed by atoms with Crippen LogP contribution in [0.5, 0.6) is 0 Å². The second-order valence-corrected chi connectivity index (χ2v) is 13.0. The third-order valence-electron chi connectivity index (χ3n) is 6.89. The monoisotopic (exact) mass is 938 g/mol. The molecule has 8 aromatic heterocycles. The van der Waals surface area contributed by atoms with Gasteiger partial charge in [0.2, 0.25) is 0 Å². The summed E-state index contributed by atoms with van der Waals surface area (Å²) in [5.74, 6) is 0.822. The van der Waals surface area contributed by atoms with Gasteiger partial charge in [-0.2, -0.15) is 20.4 Å². The van der Waals surface area contributed by atoms with Crippen LogP contribution in [-0.4, -0.2) is 65.3 Å². The van der Waals surface area contributed by atoms with Gasteiger partial charge in [0.05, 0.1) is 17.6 Å². The van der Waals surface area contributed by atoms with E-state index in [1.807, 2.05) is 147 Å². The van der Waals surface area contributed by atoms with E-state index in [0.29, 0.717) is 0 Å². The van der Waals surface area contributed by atoms with Crippen LogP contribution >= 0.6 is 0 Å². The maximum absolute atomic E-state index is 3.98. The van der Waals surface area contributed by atoms with Crippen LogP contribution in [-0.2, 0) is 0 Å². The molecule has 13 nitrogen and oxygen atoms in total. The predicted molar refractivity (Wildman–Crippen MR) is 292 cm³/mol. The lowest BCUT2D eigenvalue weighted by molar-refractivity contribution is 0.980. The lowest BCUT2D eigenvalue weighted by Gasteiger charge is -1.82. The van der Waals surface area contributed by atoms with E-state index in [1.54, 1.807) is 86.6 Å². The van der Waals surface area contributed by atoms with E-state index < -0.39 is 0 Å². The van der Waals surface area contributed by atoms with Gasteiger partial charge in [-0.25, -0.2) is 19.9 Å². The third kappa shape index (κ3) is 49.3. The van der Waals surface area contributed by atoms with Crippen molar-refractivity contribution in [2.45, 2.75) is 107 Å². The summed E-state index contributed by atoms with van der Waals surface area (Å²) in [6, 6.07) is 33.4. The van der Waals surface area contributed by atoms with Crippen molar-refractivity contribution in [2.24, 2.45) is 0 Å². The molecule has 0 fully saturated rings. The Morgan fingerprint density at radius 3 is 0.971 bits per heavy atom. The zero-order chi connectivity index (χ0) is 46.0. The number of aromatic nitrogens is 13. The molecule has 8 heterocycles. The highest BCUT2D eigenvalue weighted by Gasteiger charge is 1.79. The van der Waals surface area contributed by atoms with Gasteiger partial charge in [-0.1, -0.05) is 98.7 Å². The average molecular weight is 938 g/mol. The van der Waals surface area contributed by atoms with Crippen molar-refractivity contribution in [1.82, 2.24) is 65.3 Å². The first-order chi connectivity index (χ1) is 30.5. The van der Waals surface area contributed by atoms with Crippen molar-refractivity contribution in [3.63, 3.8) is 0 Å². The Labute approximate surface area is 417 Å². The van der Waals surface area contributed by atoms with Crippen LogP contribution in [0.1, 0.15) is 95.4 Å². The Morgan fingerprint density at radius 1 is 0.261 bits per heavy atom. The van der Waals surface area contributed by atoms with Crippen LogP contribution < -0.4 is 0 Å². The number of benzene rings is 1. The zero-order valence-corrected chi connectivity index (χ0v) is 37.8. The van der Waals surface area contributed by atoms with Crippen LogP contribution in [0.15, 0.2) is 196 Å². The third-order valence-corrected chi connectivity index (χ3v) is 6.89. The van der Waals surface area contributed by atoms with E-state index in [9.17, 15) is 0 Å². The Hall–Kier alpha value is -7.93. The molecular formula is C56H83N13. The van der Waals surface area contributed by atoms with Gasteiger partial charge >= 0.3 is 0 Å². The average Bonchev–Trinajstić information content (AvgIpc) is 3.31. The van der Waals surface area contributed by atoms with Gasteiger partial charge < -0.3 is 0 Å². The molecule has 0 aliphatic rings. The molecule has 372 valence electrons. The molecule has 9 aromatic rings. The first kappa shape index (κ1) is 72.7. The summed E-state index contributed by atoms with van der Waals surface area (Å²) < 4.78 is 0. The molecule has 0 radical (unpaired) electrons. The smallest absolute Gasteiger partial charge is 0.125 e. The Kier molecular flexibility index (Phi) is 53.8. The van der Waals surface area contributed by atoms with Crippen LogP contribution in [0, 0.1) is 62.3 Å². The van der Waals surface area contributed by atoms with Crippen molar-refractivity contribution in [3.05, 3.63) is 247 Å². The first-order valence-corrected chi connectivity index (χ1v) is 19.8. The highest BCUT2D eigenvalue weighted by Crippen LogP contribution is 1.93. The normalized spacial score (nSPS) is 7.96. The van der Waals surface area contributed by atoms with Gasteiger partial charge in [0, 0.05) is 91.9 Å². The second-order valence-electron chi connectivity index (χ2n) is 13.0. The summed E-state index contributed by atoms with van der Waals surface area (Å²) in [7, 11) is 0. The standard InChI is InChI=1S/C7H8.3C6H7N.5C5H6N2.6CH4/c1-7-5-3-2-4-6-7;1-6-3-2-4-7-5-6;2*1-6-4-2-3-5-7-6;1-5-2-6-4-7-3-5;1-5-4-6-2-3-7-5;1-5-2-3-6-7-4-5;1-5-6-3-2-4-7-5;1-5-3-2-4-6-7-5;;;;;;/h2-6H,1H3;3*2-5H,1H3;5*2-4H,1H3;6*1H4. The number of pyridine rings is 3. The number of hydrogen-bond acceptors (Lipinski definition) is 13. The lowest BCUT2D eigenvalue weighted by Crippen LogP contribution is -1.80. The van der Waals surface area contributed by atoms with Gasteiger partial charge in [-0.15, -0.1) is 0 Å². The minimum Gasteiger partial charge on any atom is -0.264 e. The molecule has 0 aliphatic carbocycles. The lowest BCUT2D eigenvalue weighted by atomic mass is 10.2. The SMILES string of the molecule is C.C.C.C.C.C.Cc1ccccc1.Cc1ccccn1.Cc1ccccn1.Cc1cccnc1.Cc1cccnn1.Cc1ccnnc1.Cc1cnccn1.Cc1cncnc1.Cc1ncccn1. The fourth-order valence-electron chi connectivity index (χ4n) is 3.74. The molecule has 0 aliphatic heterocycles. The summed E-state index contributed by atoms with van der Waals surface area (Å²) in [6.45, 7) is 17.7. The second kappa shape index (κ2) is 51.1. The highest BCUT2D eigenvalue weighted by atomic mass is 15.1. The van der Waals surface area contributed by atoms with E-state index in [0.717, 1.165) is 39.7 Å². The molecule has 0 spiro atoms. The van der Waals surface area contributed by atoms with Gasteiger partial charge in [0.25, 0.3) is 0 Å². The van der Waals surface area contributed by atoms with Crippen molar-refractivity contribution in [2.75, 3.05) is 0 Å². The summed E-state index contributed by atoms with van der Waals surface area (Å²) in [4.78, 5) is 34.9. The zero-order valence-electron chi connectivity index (χ0n) is 37.8. The number of rotatable bonds is 0. The van der Waals surface area contributed by atoms with Gasteiger partial charge in [-0.05, 0) is 134 Å². The van der Waals surface area contributed by atoms with Gasteiger partial charge in [-0.3, -0.25) is 24.9 Å². The molecule has 0 bridgehead atoms. The Balaban J connectivity index is -0.000000160. The topological polar surface area (TPSA) is 168 Å². The quantitative estimate of drug-likeness (QED) is 0.141. The summed E-state index contributed by atoms with van der Waals surface area (Å²) in [6.07, 6.45) is 25.8. The van der Waals surface area contributed by atoms with Crippen molar-refractivity contribution >= 4 is 0 Å². The van der Waals surface area contributed by atoms with Crippen molar-refractivity contribution in [3.8, 4) is 0 Å². The first-order valence-electron chi connectivity index (χ1n) is 19.8. The largest absolute Gasteiger partial charge is 0.264 e. The number of hydrogen-bond donors (Lipinski definition) is 0. The molecule has 0 N–H and O–H groups in total. The Morgan fingerprint density at radius 2 is 0.739 bits per heavy atom. The summed E-state index contributed by atoms with van der Waals surface area (Å²) >= 11 is 0. The van der Waals surface area contributed by atoms with E-state index in [1.165, 1.54) is 17.5 Å². The molecule has 0 atom stereocenters. The van der Waals surface area contributed by atoms with Crippen LogP contribution in [0.4, 0.5) is 0 Å². The molecule has 69 heavy (non-hydrogen) atoms. The highest BCUT2D eigenvalue weighted by molar-refractivity contribution is 5.12. The van der Waals surface area contributed by atoms with Crippen molar-refractivity contribution < 1.29 is 0 Å². The molecule has 0 saturated heterocycles. The van der Waals surface area contributed by atoms with E-state index in [-0.39, 0.29) is 44.6 Å². The van der Waals surface area contributed by atoms with Gasteiger partial charge in [0.15, 0.2) is 0 Å². The van der Waals surface area contributed by atoms with Crippen molar-refractivity contribution in [1.29, 1.82) is 0 Å². The van der Waals surface area contributed by atoms with Crippen LogP contribution in [0.25, 0.3) is 0 Å². The molecule has 9 rings (SSSR count). The molecule has 13 heteroatoms. The molecule has 0 saturated carbocycles. The van der Waals surface area contributed by atoms with Crippen LogP contribution in [0.3, 0.4) is 0 Å². The van der Waals surface area contributed by atoms with Gasteiger partial charge in [0.1, 0.15) is 12.2 Å². The molecule has 0 unspecified atom stereocenters. The maximum Gasteiger partial charge on any atom is 0.125 e.